The molecule has 0 amide bonds. The molecule has 0 radical (unpaired) electrons. The zero-order valence-corrected chi connectivity index (χ0v) is 11.0. The molecule has 2 unspecified atom stereocenters. The smallest absolute Gasteiger partial charge is 0.129 e. The highest BCUT2D eigenvalue weighted by Gasteiger charge is 2.24. The second kappa shape index (κ2) is 5.05. The number of piperidine rings is 1. The van der Waals surface area contributed by atoms with Crippen LogP contribution in [0.4, 0.5) is 5.82 Å². The summed E-state index contributed by atoms with van der Waals surface area (Å²) in [6.07, 6.45) is 2.46. The highest BCUT2D eigenvalue weighted by molar-refractivity contribution is 5.44. The van der Waals surface area contributed by atoms with Crippen LogP contribution in [0.2, 0.25) is 0 Å². The second-order valence-corrected chi connectivity index (χ2v) is 5.31. The zero-order chi connectivity index (χ0) is 12.4. The van der Waals surface area contributed by atoms with Crippen LogP contribution in [0.5, 0.6) is 0 Å². The normalized spacial score (nSPS) is 25.1. The first kappa shape index (κ1) is 12.4. The first-order chi connectivity index (χ1) is 8.10. The maximum atomic E-state index is 9.25. The molecule has 1 N–H and O–H groups in total. The average Bonchev–Trinajstić information content (AvgIpc) is 2.28. The largest absolute Gasteiger partial charge is 0.392 e. The van der Waals surface area contributed by atoms with Gasteiger partial charge in [-0.25, -0.2) is 4.98 Å². The van der Waals surface area contributed by atoms with Gasteiger partial charge in [-0.2, -0.15) is 0 Å². The van der Waals surface area contributed by atoms with E-state index in [1.807, 2.05) is 19.1 Å². The third-order valence-electron chi connectivity index (χ3n) is 3.61. The van der Waals surface area contributed by atoms with Crippen LogP contribution >= 0.6 is 0 Å². The van der Waals surface area contributed by atoms with Crippen molar-refractivity contribution < 1.29 is 5.11 Å². The van der Waals surface area contributed by atoms with Crippen molar-refractivity contribution in [1.82, 2.24) is 4.98 Å². The van der Waals surface area contributed by atoms with Gasteiger partial charge in [0, 0.05) is 18.3 Å². The molecular formula is C14H22N2O. The third-order valence-corrected chi connectivity index (χ3v) is 3.61. The van der Waals surface area contributed by atoms with E-state index < -0.39 is 0 Å². The topological polar surface area (TPSA) is 36.4 Å². The number of rotatable bonds is 2. The Balaban J connectivity index is 2.24. The third kappa shape index (κ3) is 2.78. The van der Waals surface area contributed by atoms with E-state index in [1.54, 1.807) is 0 Å². The van der Waals surface area contributed by atoms with Gasteiger partial charge in [0.1, 0.15) is 5.82 Å². The second-order valence-electron chi connectivity index (χ2n) is 5.31. The Morgan fingerprint density at radius 3 is 2.82 bits per heavy atom. The molecule has 1 aromatic rings. The minimum absolute atomic E-state index is 0.0922. The molecule has 0 aliphatic carbocycles. The van der Waals surface area contributed by atoms with Crippen molar-refractivity contribution in [3.05, 3.63) is 23.4 Å². The predicted octanol–water partition coefficient (Wildman–Crippen LogP) is 2.51. The molecule has 1 aromatic heterocycles. The van der Waals surface area contributed by atoms with Gasteiger partial charge in [0.05, 0.1) is 6.61 Å². The summed E-state index contributed by atoms with van der Waals surface area (Å²) in [5.41, 5.74) is 1.94. The first-order valence-corrected chi connectivity index (χ1v) is 6.45. The van der Waals surface area contributed by atoms with Gasteiger partial charge in [-0.05, 0) is 50.3 Å². The molecule has 1 aliphatic heterocycles. The standard InChI is InChI=1S/C14H22N2O/c1-10-4-5-16(12(3)6-10)14-8-13(9-17)7-11(2)15-14/h7-8,10,12,17H,4-6,9H2,1-3H3. The van der Waals surface area contributed by atoms with E-state index in [4.69, 9.17) is 0 Å². The lowest BCUT2D eigenvalue weighted by atomic mass is 9.93. The van der Waals surface area contributed by atoms with Gasteiger partial charge < -0.3 is 10.0 Å². The van der Waals surface area contributed by atoms with E-state index in [1.165, 1.54) is 12.8 Å². The van der Waals surface area contributed by atoms with Crippen molar-refractivity contribution in [2.45, 2.75) is 46.3 Å². The lowest BCUT2D eigenvalue weighted by Gasteiger charge is -2.37. The summed E-state index contributed by atoms with van der Waals surface area (Å²) in [7, 11) is 0. The van der Waals surface area contributed by atoms with Crippen LogP contribution in [-0.2, 0) is 6.61 Å². The lowest BCUT2D eigenvalue weighted by Crippen LogP contribution is -2.40. The fourth-order valence-corrected chi connectivity index (χ4v) is 2.71. The number of aliphatic hydroxyl groups excluding tert-OH is 1. The number of aliphatic hydroxyl groups is 1. The summed E-state index contributed by atoms with van der Waals surface area (Å²) in [5.74, 6) is 1.83. The quantitative estimate of drug-likeness (QED) is 0.854. The maximum absolute atomic E-state index is 9.25. The number of hydrogen-bond acceptors (Lipinski definition) is 3. The Morgan fingerprint density at radius 2 is 2.18 bits per heavy atom. The molecule has 2 rings (SSSR count). The fraction of sp³-hybridized carbons (Fsp3) is 0.643. The van der Waals surface area contributed by atoms with Crippen LogP contribution in [0.1, 0.15) is 37.9 Å². The summed E-state index contributed by atoms with van der Waals surface area (Å²) < 4.78 is 0. The van der Waals surface area contributed by atoms with Gasteiger partial charge in [0.25, 0.3) is 0 Å². The Labute approximate surface area is 103 Å². The van der Waals surface area contributed by atoms with Crippen molar-refractivity contribution in [2.24, 2.45) is 5.92 Å². The maximum Gasteiger partial charge on any atom is 0.129 e. The molecule has 0 spiro atoms. The van der Waals surface area contributed by atoms with Gasteiger partial charge in [-0.1, -0.05) is 6.92 Å². The summed E-state index contributed by atoms with van der Waals surface area (Å²) in [6, 6.07) is 4.50. The van der Waals surface area contributed by atoms with Crippen LogP contribution < -0.4 is 4.90 Å². The Morgan fingerprint density at radius 1 is 1.41 bits per heavy atom. The Hall–Kier alpha value is -1.09. The summed E-state index contributed by atoms with van der Waals surface area (Å²) >= 11 is 0. The Kier molecular flexibility index (Phi) is 3.67. The molecule has 3 nitrogen and oxygen atoms in total. The van der Waals surface area contributed by atoms with Gasteiger partial charge in [-0.15, -0.1) is 0 Å². The molecule has 2 atom stereocenters. The van der Waals surface area contributed by atoms with Crippen molar-refractivity contribution in [2.75, 3.05) is 11.4 Å². The van der Waals surface area contributed by atoms with Crippen LogP contribution in [-0.4, -0.2) is 22.7 Å². The molecule has 0 saturated carbocycles. The molecule has 3 heteroatoms. The van der Waals surface area contributed by atoms with Crippen LogP contribution in [0.25, 0.3) is 0 Å². The van der Waals surface area contributed by atoms with Crippen LogP contribution in [0, 0.1) is 12.8 Å². The molecule has 94 valence electrons. The Bertz CT molecular complexity index is 392. The predicted molar refractivity (Wildman–Crippen MR) is 70.1 cm³/mol. The molecular weight excluding hydrogens is 212 g/mol. The molecule has 1 saturated heterocycles. The summed E-state index contributed by atoms with van der Waals surface area (Å²) in [4.78, 5) is 6.96. The SMILES string of the molecule is Cc1cc(CO)cc(N2CCC(C)CC2C)n1. The van der Waals surface area contributed by atoms with Gasteiger partial charge >= 0.3 is 0 Å². The number of nitrogens with zero attached hydrogens (tertiary/aromatic N) is 2. The lowest BCUT2D eigenvalue weighted by molar-refractivity contribution is 0.281. The fourth-order valence-electron chi connectivity index (χ4n) is 2.71. The van der Waals surface area contributed by atoms with E-state index in [2.05, 4.69) is 23.7 Å². The molecule has 2 heterocycles. The minimum Gasteiger partial charge on any atom is -0.392 e. The van der Waals surface area contributed by atoms with E-state index in [0.717, 1.165) is 29.5 Å². The molecule has 1 aliphatic rings. The van der Waals surface area contributed by atoms with E-state index >= 15 is 0 Å². The minimum atomic E-state index is 0.0922. The summed E-state index contributed by atoms with van der Waals surface area (Å²) in [6.45, 7) is 7.73. The van der Waals surface area contributed by atoms with E-state index in [-0.39, 0.29) is 6.61 Å². The number of hydrogen-bond donors (Lipinski definition) is 1. The number of aryl methyl sites for hydroxylation is 1. The number of aromatic nitrogens is 1. The van der Waals surface area contributed by atoms with E-state index in [9.17, 15) is 5.11 Å². The van der Waals surface area contributed by atoms with Crippen molar-refractivity contribution in [3.8, 4) is 0 Å². The van der Waals surface area contributed by atoms with Crippen LogP contribution in [0.15, 0.2) is 12.1 Å². The monoisotopic (exact) mass is 234 g/mol. The number of anilines is 1. The van der Waals surface area contributed by atoms with E-state index in [0.29, 0.717) is 6.04 Å². The van der Waals surface area contributed by atoms with Gasteiger partial charge in [0.15, 0.2) is 0 Å². The first-order valence-electron chi connectivity index (χ1n) is 6.45. The summed E-state index contributed by atoms with van der Waals surface area (Å²) in [5, 5.41) is 9.25. The number of pyridine rings is 1. The molecule has 1 fully saturated rings. The van der Waals surface area contributed by atoms with Crippen molar-refractivity contribution >= 4 is 5.82 Å². The average molecular weight is 234 g/mol. The van der Waals surface area contributed by atoms with Crippen molar-refractivity contribution in [1.29, 1.82) is 0 Å². The highest BCUT2D eigenvalue weighted by Crippen LogP contribution is 2.27. The molecule has 0 bridgehead atoms. The highest BCUT2D eigenvalue weighted by atomic mass is 16.3. The molecule has 0 aromatic carbocycles. The zero-order valence-electron chi connectivity index (χ0n) is 11.0. The van der Waals surface area contributed by atoms with Gasteiger partial charge in [-0.3, -0.25) is 0 Å². The molecule has 17 heavy (non-hydrogen) atoms. The van der Waals surface area contributed by atoms with Crippen molar-refractivity contribution in [3.63, 3.8) is 0 Å². The van der Waals surface area contributed by atoms with Crippen LogP contribution in [0.3, 0.4) is 0 Å². The van der Waals surface area contributed by atoms with Gasteiger partial charge in [0.2, 0.25) is 0 Å².